The fourth-order valence-corrected chi connectivity index (χ4v) is 3.24. The Labute approximate surface area is 160 Å². The van der Waals surface area contributed by atoms with Gasteiger partial charge >= 0.3 is 0 Å². The number of carbonyl (C=O) groups is 1. The predicted octanol–water partition coefficient (Wildman–Crippen LogP) is 2.66. The van der Waals surface area contributed by atoms with Gasteiger partial charge in [0.25, 0.3) is 0 Å². The number of carbonyl (C=O) groups excluding carboxylic acids is 1. The molecule has 2 aromatic rings. The number of nitriles is 1. The quantitative estimate of drug-likeness (QED) is 0.884. The van der Waals surface area contributed by atoms with Gasteiger partial charge in [-0.1, -0.05) is 19.1 Å². The average Bonchev–Trinajstić information content (AvgIpc) is 2.74. The van der Waals surface area contributed by atoms with E-state index in [1.165, 1.54) is 5.56 Å². The van der Waals surface area contributed by atoms with Crippen LogP contribution in [0.2, 0.25) is 0 Å². The number of hydrogen-bond donors (Lipinski definition) is 1. The molecule has 3 rings (SSSR count). The first-order chi connectivity index (χ1) is 13.1. The molecular weight excluding hydrogens is 338 g/mol. The summed E-state index contributed by atoms with van der Waals surface area (Å²) >= 11 is 0. The second kappa shape index (κ2) is 8.65. The van der Waals surface area contributed by atoms with Crippen molar-refractivity contribution in [2.45, 2.75) is 26.3 Å². The smallest absolute Gasteiger partial charge is 0.241 e. The maximum atomic E-state index is 12.6. The standard InChI is InChI=1S/C21H25N5O/c1-3-17-4-6-19(7-5-17)24-21(27)16(2)25-10-12-26(13-11-25)20-14-18(15-22)8-9-23-20/h4-9,14,16H,3,10-13H2,1-2H3,(H,24,27). The Balaban J connectivity index is 1.54. The minimum Gasteiger partial charge on any atom is -0.354 e. The van der Waals surface area contributed by atoms with Crippen molar-refractivity contribution in [1.29, 1.82) is 5.26 Å². The van der Waals surface area contributed by atoms with Gasteiger partial charge in [0.15, 0.2) is 0 Å². The van der Waals surface area contributed by atoms with Gasteiger partial charge in [0.1, 0.15) is 5.82 Å². The van der Waals surface area contributed by atoms with Gasteiger partial charge in [0.05, 0.1) is 17.7 Å². The topological polar surface area (TPSA) is 72.3 Å². The van der Waals surface area contributed by atoms with Crippen molar-refractivity contribution in [3.05, 3.63) is 53.7 Å². The number of nitrogens with zero attached hydrogens (tertiary/aromatic N) is 4. The summed E-state index contributed by atoms with van der Waals surface area (Å²) in [5, 5.41) is 12.0. The molecule has 1 aliphatic heterocycles. The van der Waals surface area contributed by atoms with Crippen molar-refractivity contribution >= 4 is 17.4 Å². The summed E-state index contributed by atoms with van der Waals surface area (Å²) in [6.07, 6.45) is 2.65. The van der Waals surface area contributed by atoms with Crippen molar-refractivity contribution in [2.75, 3.05) is 36.4 Å². The number of hydrogen-bond acceptors (Lipinski definition) is 5. The lowest BCUT2D eigenvalue weighted by molar-refractivity contribution is -0.120. The molecule has 1 atom stereocenters. The van der Waals surface area contributed by atoms with E-state index in [1.807, 2.05) is 37.3 Å². The fourth-order valence-electron chi connectivity index (χ4n) is 3.24. The number of benzene rings is 1. The molecule has 0 saturated carbocycles. The first-order valence-corrected chi connectivity index (χ1v) is 9.35. The summed E-state index contributed by atoms with van der Waals surface area (Å²) in [6.45, 7) is 7.18. The van der Waals surface area contributed by atoms with Gasteiger partial charge in [0, 0.05) is 38.1 Å². The Morgan fingerprint density at radius 3 is 2.56 bits per heavy atom. The van der Waals surface area contributed by atoms with E-state index in [9.17, 15) is 4.79 Å². The molecule has 0 spiro atoms. The molecule has 2 heterocycles. The SMILES string of the molecule is CCc1ccc(NC(=O)C(C)N2CCN(c3cc(C#N)ccn3)CC2)cc1. The molecule has 1 saturated heterocycles. The van der Waals surface area contributed by atoms with E-state index in [-0.39, 0.29) is 11.9 Å². The van der Waals surface area contributed by atoms with Crippen LogP contribution in [0.1, 0.15) is 25.0 Å². The second-order valence-corrected chi connectivity index (χ2v) is 6.75. The van der Waals surface area contributed by atoms with Gasteiger partial charge in [-0.3, -0.25) is 9.69 Å². The Morgan fingerprint density at radius 1 is 1.22 bits per heavy atom. The molecule has 0 bridgehead atoms. The summed E-state index contributed by atoms with van der Waals surface area (Å²) in [5.41, 5.74) is 2.70. The molecule has 1 aromatic heterocycles. The zero-order chi connectivity index (χ0) is 19.2. The highest BCUT2D eigenvalue weighted by atomic mass is 16.2. The van der Waals surface area contributed by atoms with E-state index in [1.54, 1.807) is 12.3 Å². The van der Waals surface area contributed by atoms with Crippen molar-refractivity contribution in [2.24, 2.45) is 0 Å². The average molecular weight is 363 g/mol. The van der Waals surface area contributed by atoms with Gasteiger partial charge in [-0.05, 0) is 43.2 Å². The third kappa shape index (κ3) is 4.63. The largest absolute Gasteiger partial charge is 0.354 e. The van der Waals surface area contributed by atoms with Gasteiger partial charge in [-0.25, -0.2) is 4.98 Å². The van der Waals surface area contributed by atoms with Crippen LogP contribution in [0, 0.1) is 11.3 Å². The number of aryl methyl sites for hydroxylation is 1. The van der Waals surface area contributed by atoms with Crippen molar-refractivity contribution in [3.63, 3.8) is 0 Å². The number of aromatic nitrogens is 1. The molecule has 140 valence electrons. The third-order valence-electron chi connectivity index (χ3n) is 5.07. The second-order valence-electron chi connectivity index (χ2n) is 6.75. The molecule has 6 heteroatoms. The first-order valence-electron chi connectivity index (χ1n) is 9.35. The van der Waals surface area contributed by atoms with Gasteiger partial charge in [-0.15, -0.1) is 0 Å². The molecule has 27 heavy (non-hydrogen) atoms. The number of amides is 1. The number of piperazine rings is 1. The minimum absolute atomic E-state index is 0.0114. The molecule has 1 aliphatic rings. The third-order valence-corrected chi connectivity index (χ3v) is 5.07. The fraction of sp³-hybridized carbons (Fsp3) is 0.381. The van der Waals surface area contributed by atoms with Gasteiger partial charge in [-0.2, -0.15) is 5.26 Å². The van der Waals surface area contributed by atoms with E-state index in [0.29, 0.717) is 5.56 Å². The Kier molecular flexibility index (Phi) is 6.05. The highest BCUT2D eigenvalue weighted by Crippen LogP contribution is 2.17. The van der Waals surface area contributed by atoms with Crippen LogP contribution in [0.5, 0.6) is 0 Å². The monoisotopic (exact) mass is 363 g/mol. The first kappa shape index (κ1) is 18.9. The molecule has 0 radical (unpaired) electrons. The molecule has 1 unspecified atom stereocenters. The summed E-state index contributed by atoms with van der Waals surface area (Å²) in [5.74, 6) is 0.833. The number of rotatable bonds is 5. The molecular formula is C21H25N5O. The zero-order valence-corrected chi connectivity index (χ0v) is 15.9. The van der Waals surface area contributed by atoms with Crippen LogP contribution in [0.15, 0.2) is 42.6 Å². The maximum Gasteiger partial charge on any atom is 0.241 e. The lowest BCUT2D eigenvalue weighted by atomic mass is 10.1. The van der Waals surface area contributed by atoms with Gasteiger partial charge in [0.2, 0.25) is 5.91 Å². The van der Waals surface area contributed by atoms with Gasteiger partial charge < -0.3 is 10.2 Å². The van der Waals surface area contributed by atoms with Crippen molar-refractivity contribution in [1.82, 2.24) is 9.88 Å². The molecule has 6 nitrogen and oxygen atoms in total. The summed E-state index contributed by atoms with van der Waals surface area (Å²) < 4.78 is 0. The van der Waals surface area contributed by atoms with Crippen LogP contribution in [-0.2, 0) is 11.2 Å². The predicted molar refractivity (Wildman–Crippen MR) is 107 cm³/mol. The number of anilines is 2. The highest BCUT2D eigenvalue weighted by Gasteiger charge is 2.26. The van der Waals surface area contributed by atoms with E-state index < -0.39 is 0 Å². The van der Waals surface area contributed by atoms with Crippen LogP contribution in [0.3, 0.4) is 0 Å². The van der Waals surface area contributed by atoms with Crippen molar-refractivity contribution < 1.29 is 4.79 Å². The van der Waals surface area contributed by atoms with Crippen LogP contribution < -0.4 is 10.2 Å². The molecule has 1 amide bonds. The highest BCUT2D eigenvalue weighted by molar-refractivity contribution is 5.94. The minimum atomic E-state index is -0.198. The Morgan fingerprint density at radius 2 is 1.93 bits per heavy atom. The van der Waals surface area contributed by atoms with Crippen LogP contribution in [0.25, 0.3) is 0 Å². The van der Waals surface area contributed by atoms with Crippen LogP contribution in [-0.4, -0.2) is 48.0 Å². The molecule has 1 aromatic carbocycles. The van der Waals surface area contributed by atoms with E-state index in [4.69, 9.17) is 5.26 Å². The van der Waals surface area contributed by atoms with Crippen LogP contribution in [0.4, 0.5) is 11.5 Å². The van der Waals surface area contributed by atoms with Crippen molar-refractivity contribution in [3.8, 4) is 6.07 Å². The van der Waals surface area contributed by atoms with E-state index in [2.05, 4.69) is 33.1 Å². The molecule has 1 fully saturated rings. The summed E-state index contributed by atoms with van der Waals surface area (Å²) in [6, 6.07) is 13.5. The Bertz CT molecular complexity index is 819. The summed E-state index contributed by atoms with van der Waals surface area (Å²) in [7, 11) is 0. The van der Waals surface area contributed by atoms with E-state index in [0.717, 1.165) is 44.1 Å². The lowest BCUT2D eigenvalue weighted by Gasteiger charge is -2.38. The molecule has 0 aliphatic carbocycles. The number of nitrogens with one attached hydrogen (secondary N) is 1. The Hall–Kier alpha value is -2.91. The normalized spacial score (nSPS) is 15.8. The molecule has 1 N–H and O–H groups in total. The summed E-state index contributed by atoms with van der Waals surface area (Å²) in [4.78, 5) is 21.3. The number of pyridine rings is 1. The zero-order valence-electron chi connectivity index (χ0n) is 15.9. The maximum absolute atomic E-state index is 12.6. The van der Waals surface area contributed by atoms with E-state index >= 15 is 0 Å². The lowest BCUT2D eigenvalue weighted by Crippen LogP contribution is -2.53. The van der Waals surface area contributed by atoms with Crippen LogP contribution >= 0.6 is 0 Å².